The van der Waals surface area contributed by atoms with Crippen LogP contribution in [0.25, 0.3) is 0 Å². The molecule has 1 aliphatic carbocycles. The molecule has 0 saturated heterocycles. The Bertz CT molecular complexity index is 748. The fraction of sp³-hybridized carbons (Fsp3) is 0.455. The molecule has 1 saturated carbocycles. The molecule has 1 amide bonds. The van der Waals surface area contributed by atoms with E-state index < -0.39 is 0 Å². The van der Waals surface area contributed by atoms with Crippen LogP contribution in [0.1, 0.15) is 60.1 Å². The van der Waals surface area contributed by atoms with Crippen molar-refractivity contribution in [1.29, 1.82) is 0 Å². The number of nitrogens with one attached hydrogen (secondary N) is 1. The SMILES string of the molecule is O=C(c1ccc(NC2CCCCCC2)cn1)N1CCc2ccccc2C1. The molecule has 1 aromatic carbocycles. The smallest absolute Gasteiger partial charge is 0.272 e. The molecule has 0 atom stereocenters. The van der Waals surface area contributed by atoms with E-state index in [1.165, 1.54) is 49.7 Å². The summed E-state index contributed by atoms with van der Waals surface area (Å²) in [6.45, 7) is 1.44. The highest BCUT2D eigenvalue weighted by molar-refractivity contribution is 5.92. The zero-order chi connectivity index (χ0) is 17.8. The fourth-order valence-electron chi connectivity index (χ4n) is 4.10. The summed E-state index contributed by atoms with van der Waals surface area (Å²) in [5.74, 6) is 0.0283. The maximum atomic E-state index is 12.8. The van der Waals surface area contributed by atoms with Crippen molar-refractivity contribution < 1.29 is 4.79 Å². The fourth-order valence-corrected chi connectivity index (χ4v) is 4.10. The van der Waals surface area contributed by atoms with Crippen LogP contribution in [-0.4, -0.2) is 28.4 Å². The molecule has 0 radical (unpaired) electrons. The van der Waals surface area contributed by atoms with E-state index in [0.29, 0.717) is 18.3 Å². The molecule has 4 nitrogen and oxygen atoms in total. The highest BCUT2D eigenvalue weighted by atomic mass is 16.2. The number of nitrogens with zero attached hydrogens (tertiary/aromatic N) is 2. The van der Waals surface area contributed by atoms with Crippen molar-refractivity contribution in [1.82, 2.24) is 9.88 Å². The number of aromatic nitrogens is 1. The van der Waals surface area contributed by atoms with Crippen LogP contribution < -0.4 is 5.32 Å². The van der Waals surface area contributed by atoms with Gasteiger partial charge in [0, 0.05) is 19.1 Å². The van der Waals surface area contributed by atoms with Crippen LogP contribution >= 0.6 is 0 Å². The molecule has 4 rings (SSSR count). The van der Waals surface area contributed by atoms with Gasteiger partial charge in [0.25, 0.3) is 5.91 Å². The standard InChI is InChI=1S/C22H27N3O/c26-22(25-14-13-17-7-5-6-8-18(17)16-25)21-12-11-20(15-23-21)24-19-9-3-1-2-4-10-19/h5-8,11-12,15,19,24H,1-4,9-10,13-14,16H2. The van der Waals surface area contributed by atoms with Gasteiger partial charge in [0.15, 0.2) is 0 Å². The molecule has 2 heterocycles. The van der Waals surface area contributed by atoms with Crippen LogP contribution in [0.5, 0.6) is 0 Å². The molecule has 1 aliphatic heterocycles. The summed E-state index contributed by atoms with van der Waals surface area (Å²) >= 11 is 0. The van der Waals surface area contributed by atoms with Crippen molar-refractivity contribution in [2.75, 3.05) is 11.9 Å². The lowest BCUT2D eigenvalue weighted by molar-refractivity contribution is 0.0729. The Morgan fingerprint density at radius 2 is 1.77 bits per heavy atom. The number of amides is 1. The lowest BCUT2D eigenvalue weighted by Gasteiger charge is -2.28. The molecule has 0 bridgehead atoms. The maximum Gasteiger partial charge on any atom is 0.272 e. The molecule has 2 aliphatic rings. The van der Waals surface area contributed by atoms with Crippen molar-refractivity contribution in [3.05, 3.63) is 59.4 Å². The minimum absolute atomic E-state index is 0.0283. The average Bonchev–Trinajstić information content (AvgIpc) is 2.96. The van der Waals surface area contributed by atoms with Crippen LogP contribution in [0, 0.1) is 0 Å². The van der Waals surface area contributed by atoms with Crippen LogP contribution in [-0.2, 0) is 13.0 Å². The largest absolute Gasteiger partial charge is 0.381 e. The second-order valence-corrected chi connectivity index (χ2v) is 7.51. The summed E-state index contributed by atoms with van der Waals surface area (Å²) in [4.78, 5) is 19.2. The molecule has 136 valence electrons. The van der Waals surface area contributed by atoms with E-state index in [-0.39, 0.29) is 5.91 Å². The van der Waals surface area contributed by atoms with E-state index in [4.69, 9.17) is 0 Å². The second kappa shape index (κ2) is 7.90. The highest BCUT2D eigenvalue weighted by Gasteiger charge is 2.22. The van der Waals surface area contributed by atoms with E-state index in [0.717, 1.165) is 18.7 Å². The Kier molecular flexibility index (Phi) is 5.19. The maximum absolute atomic E-state index is 12.8. The van der Waals surface area contributed by atoms with E-state index in [1.54, 1.807) is 0 Å². The van der Waals surface area contributed by atoms with Gasteiger partial charge in [0.1, 0.15) is 5.69 Å². The number of anilines is 1. The van der Waals surface area contributed by atoms with Crippen molar-refractivity contribution in [2.24, 2.45) is 0 Å². The molecule has 1 fully saturated rings. The van der Waals surface area contributed by atoms with Gasteiger partial charge in [-0.25, -0.2) is 4.98 Å². The molecular formula is C22H27N3O. The predicted octanol–water partition coefficient (Wildman–Crippen LogP) is 4.41. The van der Waals surface area contributed by atoms with Crippen molar-refractivity contribution in [2.45, 2.75) is 57.5 Å². The number of carbonyl (C=O) groups is 1. The summed E-state index contributed by atoms with van der Waals surface area (Å²) in [6.07, 6.45) is 10.5. The zero-order valence-electron chi connectivity index (χ0n) is 15.3. The predicted molar refractivity (Wildman–Crippen MR) is 104 cm³/mol. The summed E-state index contributed by atoms with van der Waals surface area (Å²) in [5.41, 5.74) is 4.17. The van der Waals surface area contributed by atoms with Gasteiger partial charge in [-0.15, -0.1) is 0 Å². The Hall–Kier alpha value is -2.36. The van der Waals surface area contributed by atoms with Crippen molar-refractivity contribution in [3.8, 4) is 0 Å². The van der Waals surface area contributed by atoms with Gasteiger partial charge in [-0.05, 0) is 42.5 Å². The topological polar surface area (TPSA) is 45.2 Å². The zero-order valence-corrected chi connectivity index (χ0v) is 15.3. The Morgan fingerprint density at radius 3 is 2.50 bits per heavy atom. The monoisotopic (exact) mass is 349 g/mol. The number of hydrogen-bond acceptors (Lipinski definition) is 3. The summed E-state index contributed by atoms with van der Waals surface area (Å²) in [5, 5.41) is 3.59. The molecule has 2 aromatic rings. The van der Waals surface area contributed by atoms with Crippen LogP contribution in [0.15, 0.2) is 42.6 Å². The van der Waals surface area contributed by atoms with E-state index in [2.05, 4.69) is 28.5 Å². The third-order valence-corrected chi connectivity index (χ3v) is 5.63. The Balaban J connectivity index is 1.39. The van der Waals surface area contributed by atoms with Crippen molar-refractivity contribution in [3.63, 3.8) is 0 Å². The first-order chi connectivity index (χ1) is 12.8. The molecule has 1 aromatic heterocycles. The first-order valence-electron chi connectivity index (χ1n) is 9.88. The van der Waals surface area contributed by atoms with Gasteiger partial charge < -0.3 is 10.2 Å². The van der Waals surface area contributed by atoms with Crippen LogP contribution in [0.4, 0.5) is 5.69 Å². The first-order valence-corrected chi connectivity index (χ1v) is 9.88. The lowest BCUT2D eigenvalue weighted by atomic mass is 10.00. The van der Waals surface area contributed by atoms with Crippen LogP contribution in [0.3, 0.4) is 0 Å². The molecule has 4 heteroatoms. The summed E-state index contributed by atoms with van der Waals surface area (Å²) in [6, 6.07) is 12.8. The molecule has 0 unspecified atom stereocenters. The normalized spacial score (nSPS) is 18.1. The van der Waals surface area contributed by atoms with Gasteiger partial charge in [-0.1, -0.05) is 49.9 Å². The average molecular weight is 349 g/mol. The third-order valence-electron chi connectivity index (χ3n) is 5.63. The number of carbonyl (C=O) groups excluding carboxylic acids is 1. The summed E-state index contributed by atoms with van der Waals surface area (Å²) < 4.78 is 0. The minimum atomic E-state index is 0.0283. The van der Waals surface area contributed by atoms with E-state index in [9.17, 15) is 4.79 Å². The summed E-state index contributed by atoms with van der Waals surface area (Å²) in [7, 11) is 0. The van der Waals surface area contributed by atoms with Gasteiger partial charge in [0.2, 0.25) is 0 Å². The van der Waals surface area contributed by atoms with Crippen molar-refractivity contribution >= 4 is 11.6 Å². The highest BCUT2D eigenvalue weighted by Crippen LogP contribution is 2.22. The number of pyridine rings is 1. The van der Waals surface area contributed by atoms with Gasteiger partial charge >= 0.3 is 0 Å². The second-order valence-electron chi connectivity index (χ2n) is 7.51. The Labute approximate surface area is 155 Å². The van der Waals surface area contributed by atoms with E-state index >= 15 is 0 Å². The van der Waals surface area contributed by atoms with Crippen LogP contribution in [0.2, 0.25) is 0 Å². The molecule has 1 N–H and O–H groups in total. The lowest BCUT2D eigenvalue weighted by Crippen LogP contribution is -2.36. The molecular weight excluding hydrogens is 322 g/mol. The quantitative estimate of drug-likeness (QED) is 0.835. The third kappa shape index (κ3) is 3.90. The number of rotatable bonds is 3. The van der Waals surface area contributed by atoms with Gasteiger partial charge in [-0.2, -0.15) is 0 Å². The number of hydrogen-bond donors (Lipinski definition) is 1. The number of benzene rings is 1. The van der Waals surface area contributed by atoms with Gasteiger partial charge in [0.05, 0.1) is 11.9 Å². The first kappa shape index (κ1) is 17.1. The van der Waals surface area contributed by atoms with E-state index in [1.807, 2.05) is 29.3 Å². The number of fused-ring (bicyclic) bond motifs is 1. The molecule has 26 heavy (non-hydrogen) atoms. The van der Waals surface area contributed by atoms with Gasteiger partial charge in [-0.3, -0.25) is 4.79 Å². The minimum Gasteiger partial charge on any atom is -0.381 e. The molecule has 0 spiro atoms. The Morgan fingerprint density at radius 1 is 1.00 bits per heavy atom.